The molecule has 0 spiro atoms. The number of aryl methyl sites for hydroxylation is 1. The predicted octanol–water partition coefficient (Wildman–Crippen LogP) is 4.80. The Labute approximate surface area is 119 Å². The minimum Gasteiger partial charge on any atom is -0.478 e. The van der Waals surface area contributed by atoms with Gasteiger partial charge in [0.15, 0.2) is 0 Å². The molecule has 2 aromatic rings. The van der Waals surface area contributed by atoms with Gasteiger partial charge < -0.3 is 5.11 Å². The Hall–Kier alpha value is -0.970. The highest BCUT2D eigenvalue weighted by Crippen LogP contribution is 2.40. The van der Waals surface area contributed by atoms with Crippen molar-refractivity contribution in [1.82, 2.24) is 0 Å². The van der Waals surface area contributed by atoms with Crippen molar-refractivity contribution in [1.29, 1.82) is 0 Å². The molecular weight excluding hydrogens is 288 g/mol. The molecule has 0 atom stereocenters. The van der Waals surface area contributed by atoms with Crippen molar-refractivity contribution in [3.05, 3.63) is 39.7 Å². The van der Waals surface area contributed by atoms with E-state index in [2.05, 4.69) is 0 Å². The highest BCUT2D eigenvalue weighted by molar-refractivity contribution is 7.98. The quantitative estimate of drug-likeness (QED) is 0.827. The number of thiophene rings is 1. The van der Waals surface area contributed by atoms with Crippen LogP contribution >= 0.6 is 34.7 Å². The van der Waals surface area contributed by atoms with E-state index in [1.807, 2.05) is 31.4 Å². The van der Waals surface area contributed by atoms with Gasteiger partial charge in [0.1, 0.15) is 0 Å². The van der Waals surface area contributed by atoms with Crippen LogP contribution in [-0.4, -0.2) is 17.3 Å². The zero-order valence-electron chi connectivity index (χ0n) is 9.86. The summed E-state index contributed by atoms with van der Waals surface area (Å²) in [6.45, 7) is 1.99. The Morgan fingerprint density at radius 1 is 1.39 bits per heavy atom. The smallest absolute Gasteiger partial charge is 0.337 e. The Kier molecular flexibility index (Phi) is 4.00. The molecule has 5 heteroatoms. The lowest BCUT2D eigenvalue weighted by atomic mass is 10.1. The molecule has 0 amide bonds. The van der Waals surface area contributed by atoms with E-state index in [4.69, 9.17) is 11.6 Å². The van der Waals surface area contributed by atoms with Gasteiger partial charge in [-0.15, -0.1) is 23.1 Å². The zero-order chi connectivity index (χ0) is 13.3. The van der Waals surface area contributed by atoms with Crippen LogP contribution in [0.1, 0.15) is 15.9 Å². The number of hydrogen-bond acceptors (Lipinski definition) is 3. The topological polar surface area (TPSA) is 37.3 Å². The fraction of sp³-hybridized carbons (Fsp3) is 0.154. The summed E-state index contributed by atoms with van der Waals surface area (Å²) in [7, 11) is 0. The SMILES string of the molecule is CSc1ccc(C)cc1-c1sc(Cl)cc1C(=O)O. The zero-order valence-corrected chi connectivity index (χ0v) is 12.2. The second-order valence-electron chi connectivity index (χ2n) is 3.80. The molecule has 18 heavy (non-hydrogen) atoms. The molecule has 0 bridgehead atoms. The van der Waals surface area contributed by atoms with E-state index in [1.54, 1.807) is 11.8 Å². The van der Waals surface area contributed by atoms with Gasteiger partial charge in [-0.05, 0) is 31.4 Å². The van der Waals surface area contributed by atoms with E-state index in [0.29, 0.717) is 4.34 Å². The third-order valence-electron chi connectivity index (χ3n) is 2.53. The molecule has 0 saturated heterocycles. The Morgan fingerprint density at radius 3 is 2.72 bits per heavy atom. The lowest BCUT2D eigenvalue weighted by Gasteiger charge is -2.07. The summed E-state index contributed by atoms with van der Waals surface area (Å²) in [5, 5.41) is 9.21. The van der Waals surface area contributed by atoms with Gasteiger partial charge in [-0.2, -0.15) is 0 Å². The van der Waals surface area contributed by atoms with Gasteiger partial charge >= 0.3 is 5.97 Å². The van der Waals surface area contributed by atoms with E-state index in [1.165, 1.54) is 17.4 Å². The molecule has 0 aliphatic carbocycles. The maximum Gasteiger partial charge on any atom is 0.337 e. The summed E-state index contributed by atoms with van der Waals surface area (Å²) in [5.74, 6) is -0.943. The standard InChI is InChI=1S/C13H11ClO2S2/c1-7-3-4-10(17-2)8(5-7)12-9(13(15)16)6-11(14)18-12/h3-6H,1-2H3,(H,15,16). The number of benzene rings is 1. The van der Waals surface area contributed by atoms with E-state index in [9.17, 15) is 9.90 Å². The molecule has 2 rings (SSSR count). The summed E-state index contributed by atoms with van der Waals surface area (Å²) in [6.07, 6.45) is 1.98. The van der Waals surface area contributed by atoms with Gasteiger partial charge in [0, 0.05) is 10.5 Å². The fourth-order valence-electron chi connectivity index (χ4n) is 1.72. The van der Waals surface area contributed by atoms with Crippen LogP contribution in [0.2, 0.25) is 4.34 Å². The van der Waals surface area contributed by atoms with Crippen molar-refractivity contribution in [2.24, 2.45) is 0 Å². The Morgan fingerprint density at radius 2 is 2.11 bits per heavy atom. The molecule has 1 aromatic carbocycles. The van der Waals surface area contributed by atoms with Crippen LogP contribution in [0.15, 0.2) is 29.2 Å². The number of carbonyl (C=O) groups is 1. The number of carboxylic acids is 1. The molecule has 0 aliphatic rings. The summed E-state index contributed by atoms with van der Waals surface area (Å²) in [6, 6.07) is 7.54. The third-order valence-corrected chi connectivity index (χ3v) is 4.63. The monoisotopic (exact) mass is 298 g/mol. The van der Waals surface area contributed by atoms with E-state index in [-0.39, 0.29) is 5.56 Å². The maximum absolute atomic E-state index is 11.2. The van der Waals surface area contributed by atoms with Crippen molar-refractivity contribution in [2.75, 3.05) is 6.26 Å². The molecule has 0 fully saturated rings. The van der Waals surface area contributed by atoms with Gasteiger partial charge in [0.2, 0.25) is 0 Å². The van der Waals surface area contributed by atoms with Crippen molar-refractivity contribution in [3.63, 3.8) is 0 Å². The van der Waals surface area contributed by atoms with Gasteiger partial charge in [-0.1, -0.05) is 23.2 Å². The average Bonchev–Trinajstić information content (AvgIpc) is 2.71. The number of hydrogen-bond donors (Lipinski definition) is 1. The highest BCUT2D eigenvalue weighted by Gasteiger charge is 2.18. The minimum absolute atomic E-state index is 0.269. The van der Waals surface area contributed by atoms with Crippen LogP contribution in [0.25, 0.3) is 10.4 Å². The number of carboxylic acid groups (broad SMARTS) is 1. The summed E-state index contributed by atoms with van der Waals surface area (Å²) in [5.41, 5.74) is 2.31. The molecule has 2 nitrogen and oxygen atoms in total. The molecule has 1 heterocycles. The summed E-state index contributed by atoms with van der Waals surface area (Å²) >= 11 is 8.85. The first-order chi connectivity index (χ1) is 8.52. The first-order valence-electron chi connectivity index (χ1n) is 5.20. The van der Waals surface area contributed by atoms with Gasteiger partial charge in [0.25, 0.3) is 0 Å². The van der Waals surface area contributed by atoms with Crippen molar-refractivity contribution in [3.8, 4) is 10.4 Å². The van der Waals surface area contributed by atoms with Crippen molar-refractivity contribution in [2.45, 2.75) is 11.8 Å². The molecule has 0 aliphatic heterocycles. The maximum atomic E-state index is 11.2. The van der Waals surface area contributed by atoms with E-state index in [0.717, 1.165) is 20.9 Å². The molecule has 1 N–H and O–H groups in total. The van der Waals surface area contributed by atoms with Crippen LogP contribution in [0, 0.1) is 6.92 Å². The molecule has 0 unspecified atom stereocenters. The molecule has 94 valence electrons. The lowest BCUT2D eigenvalue weighted by Crippen LogP contribution is -1.96. The lowest BCUT2D eigenvalue weighted by molar-refractivity contribution is 0.0698. The molecule has 1 aromatic heterocycles. The summed E-state index contributed by atoms with van der Waals surface area (Å²) < 4.78 is 0.496. The van der Waals surface area contributed by atoms with Gasteiger partial charge in [0.05, 0.1) is 14.8 Å². The minimum atomic E-state index is -0.943. The second kappa shape index (κ2) is 5.34. The number of rotatable bonds is 3. The highest BCUT2D eigenvalue weighted by atomic mass is 35.5. The average molecular weight is 299 g/mol. The van der Waals surface area contributed by atoms with Crippen LogP contribution in [-0.2, 0) is 0 Å². The largest absolute Gasteiger partial charge is 0.478 e. The summed E-state index contributed by atoms with van der Waals surface area (Å²) in [4.78, 5) is 13.0. The fourth-order valence-corrected chi connectivity index (χ4v) is 3.62. The number of aromatic carboxylic acids is 1. The van der Waals surface area contributed by atoms with Crippen LogP contribution in [0.4, 0.5) is 0 Å². The van der Waals surface area contributed by atoms with Crippen LogP contribution in [0.3, 0.4) is 0 Å². The van der Waals surface area contributed by atoms with Crippen LogP contribution < -0.4 is 0 Å². The third kappa shape index (κ3) is 2.55. The number of thioether (sulfide) groups is 1. The van der Waals surface area contributed by atoms with Crippen molar-refractivity contribution < 1.29 is 9.90 Å². The first kappa shape index (κ1) is 13.5. The predicted molar refractivity (Wildman–Crippen MR) is 78.2 cm³/mol. The molecular formula is C13H11ClO2S2. The molecule has 0 radical (unpaired) electrons. The van der Waals surface area contributed by atoms with E-state index < -0.39 is 5.97 Å². The van der Waals surface area contributed by atoms with E-state index >= 15 is 0 Å². The Balaban J connectivity index is 2.68. The van der Waals surface area contributed by atoms with Crippen LogP contribution in [0.5, 0.6) is 0 Å². The molecule has 0 saturated carbocycles. The van der Waals surface area contributed by atoms with Gasteiger partial charge in [-0.25, -0.2) is 4.79 Å². The Bertz CT molecular complexity index is 605. The van der Waals surface area contributed by atoms with Crippen molar-refractivity contribution >= 4 is 40.7 Å². The first-order valence-corrected chi connectivity index (χ1v) is 7.62. The number of halogens is 1. The second-order valence-corrected chi connectivity index (χ2v) is 6.33. The van der Waals surface area contributed by atoms with Gasteiger partial charge in [-0.3, -0.25) is 0 Å². The normalized spacial score (nSPS) is 10.6.